The number of phenolic OH excluding ortho intramolecular Hbond substituents is 1. The Hall–Kier alpha value is -3.94. The Kier molecular flexibility index (Phi) is 5.50. The molecule has 1 heterocycles. The molecule has 3 aromatic rings. The molecule has 142 valence electrons. The van der Waals surface area contributed by atoms with Crippen LogP contribution in [-0.2, 0) is 0 Å². The number of halogens is 1. The van der Waals surface area contributed by atoms with Gasteiger partial charge in [-0.05, 0) is 36.4 Å². The van der Waals surface area contributed by atoms with Crippen LogP contribution in [0.3, 0.4) is 0 Å². The van der Waals surface area contributed by atoms with Crippen LogP contribution in [-0.4, -0.2) is 29.0 Å². The van der Waals surface area contributed by atoms with Gasteiger partial charge in [0.1, 0.15) is 28.8 Å². The van der Waals surface area contributed by atoms with Crippen molar-refractivity contribution < 1.29 is 23.8 Å². The Morgan fingerprint density at radius 2 is 1.82 bits per heavy atom. The third kappa shape index (κ3) is 4.42. The zero-order valence-electron chi connectivity index (χ0n) is 14.8. The van der Waals surface area contributed by atoms with Crippen LogP contribution in [0.1, 0.15) is 20.8 Å². The lowest BCUT2D eigenvalue weighted by atomic mass is 10.2. The van der Waals surface area contributed by atoms with Crippen LogP contribution in [0.2, 0.25) is 0 Å². The van der Waals surface area contributed by atoms with Crippen molar-refractivity contribution in [3.63, 3.8) is 0 Å². The van der Waals surface area contributed by atoms with E-state index >= 15 is 0 Å². The lowest BCUT2D eigenvalue weighted by Gasteiger charge is -2.10. The second kappa shape index (κ2) is 8.17. The highest BCUT2D eigenvalue weighted by molar-refractivity contribution is 6.05. The molecule has 2 amide bonds. The van der Waals surface area contributed by atoms with Crippen molar-refractivity contribution in [3.05, 3.63) is 77.9 Å². The average molecular weight is 381 g/mol. The largest absolute Gasteiger partial charge is 0.506 e. The van der Waals surface area contributed by atoms with Gasteiger partial charge < -0.3 is 20.5 Å². The molecule has 7 nitrogen and oxygen atoms in total. The molecule has 0 spiro atoms. The van der Waals surface area contributed by atoms with Crippen LogP contribution in [0.25, 0.3) is 0 Å². The second-order valence-corrected chi connectivity index (χ2v) is 5.70. The summed E-state index contributed by atoms with van der Waals surface area (Å²) in [5, 5.41) is 14.7. The number of phenols is 1. The number of benzene rings is 2. The molecule has 8 heteroatoms. The Morgan fingerprint density at radius 1 is 1.04 bits per heavy atom. The summed E-state index contributed by atoms with van der Waals surface area (Å²) in [6.45, 7) is 0. The smallest absolute Gasteiger partial charge is 0.269 e. The molecule has 0 aliphatic rings. The predicted octanol–water partition coefficient (Wildman–Crippen LogP) is 3.33. The third-order valence-corrected chi connectivity index (χ3v) is 3.73. The van der Waals surface area contributed by atoms with Crippen LogP contribution in [0.15, 0.2) is 60.8 Å². The summed E-state index contributed by atoms with van der Waals surface area (Å²) < 4.78 is 18.7. The molecular weight excluding hydrogens is 365 g/mol. The van der Waals surface area contributed by atoms with E-state index in [4.69, 9.17) is 4.74 Å². The number of nitrogens with one attached hydrogen (secondary N) is 2. The number of nitrogens with zero attached hydrogens (tertiary/aromatic N) is 1. The number of carbonyl (C=O) groups is 2. The number of aromatic nitrogens is 1. The van der Waals surface area contributed by atoms with Gasteiger partial charge in [0.15, 0.2) is 0 Å². The molecule has 0 unspecified atom stereocenters. The van der Waals surface area contributed by atoms with Crippen LogP contribution in [0, 0.1) is 5.82 Å². The molecule has 0 saturated carbocycles. The number of anilines is 1. The molecule has 1 aromatic heterocycles. The standard InChI is InChI=1S/C20H16FN3O4/c1-22-20(27)17-11-15(7-8-23-17)28-14-4-2-3-12(9-14)19(26)24-16-6-5-13(21)10-18(16)25/h2-11,25H,1H3,(H,22,27)(H,24,26). The molecule has 0 radical (unpaired) electrons. The van der Waals surface area contributed by atoms with Crippen molar-refractivity contribution in [3.8, 4) is 17.2 Å². The molecule has 0 saturated heterocycles. The maximum atomic E-state index is 13.1. The number of pyridine rings is 1. The highest BCUT2D eigenvalue weighted by Gasteiger charge is 2.12. The van der Waals surface area contributed by atoms with E-state index in [1.54, 1.807) is 24.3 Å². The summed E-state index contributed by atoms with van der Waals surface area (Å²) in [7, 11) is 1.50. The zero-order valence-corrected chi connectivity index (χ0v) is 14.8. The van der Waals surface area contributed by atoms with Crippen molar-refractivity contribution in [2.75, 3.05) is 12.4 Å². The summed E-state index contributed by atoms with van der Waals surface area (Å²) in [6.07, 6.45) is 1.44. The van der Waals surface area contributed by atoms with Gasteiger partial charge in [0.05, 0.1) is 5.69 Å². The summed E-state index contributed by atoms with van der Waals surface area (Å²) >= 11 is 0. The lowest BCUT2D eigenvalue weighted by Crippen LogP contribution is -2.18. The Labute approximate surface area is 159 Å². The second-order valence-electron chi connectivity index (χ2n) is 5.70. The van der Waals surface area contributed by atoms with E-state index in [2.05, 4.69) is 15.6 Å². The monoisotopic (exact) mass is 381 g/mol. The van der Waals surface area contributed by atoms with Gasteiger partial charge in [0.2, 0.25) is 0 Å². The van der Waals surface area contributed by atoms with Gasteiger partial charge in [0.25, 0.3) is 11.8 Å². The maximum absolute atomic E-state index is 13.1. The fourth-order valence-electron chi connectivity index (χ4n) is 2.37. The highest BCUT2D eigenvalue weighted by Crippen LogP contribution is 2.26. The number of amides is 2. The first-order chi connectivity index (χ1) is 13.5. The Balaban J connectivity index is 1.77. The van der Waals surface area contributed by atoms with Crippen LogP contribution in [0.4, 0.5) is 10.1 Å². The minimum absolute atomic E-state index is 0.0853. The van der Waals surface area contributed by atoms with Crippen molar-refractivity contribution in [2.24, 2.45) is 0 Å². The van der Waals surface area contributed by atoms with Crippen LogP contribution < -0.4 is 15.4 Å². The molecular formula is C20H16FN3O4. The normalized spacial score (nSPS) is 10.2. The van der Waals surface area contributed by atoms with Gasteiger partial charge in [-0.15, -0.1) is 0 Å². The topological polar surface area (TPSA) is 101 Å². The molecule has 3 rings (SSSR count). The minimum Gasteiger partial charge on any atom is -0.506 e. The number of rotatable bonds is 5. The van der Waals surface area contributed by atoms with E-state index in [9.17, 15) is 19.1 Å². The average Bonchev–Trinajstić information content (AvgIpc) is 2.70. The SMILES string of the molecule is CNC(=O)c1cc(Oc2cccc(C(=O)Nc3ccc(F)cc3O)c2)ccn1. The molecule has 28 heavy (non-hydrogen) atoms. The van der Waals surface area contributed by atoms with Crippen LogP contribution >= 0.6 is 0 Å². The van der Waals surface area contributed by atoms with Gasteiger partial charge in [-0.2, -0.15) is 0 Å². The fraction of sp³-hybridized carbons (Fsp3) is 0.0500. The lowest BCUT2D eigenvalue weighted by molar-refractivity contribution is 0.0957. The molecule has 3 N–H and O–H groups in total. The van der Waals surface area contributed by atoms with Crippen molar-refractivity contribution in [2.45, 2.75) is 0 Å². The van der Waals surface area contributed by atoms with Crippen molar-refractivity contribution in [1.82, 2.24) is 10.3 Å². The molecule has 0 atom stereocenters. The Bertz CT molecular complexity index is 1040. The first-order valence-electron chi connectivity index (χ1n) is 8.22. The highest BCUT2D eigenvalue weighted by atomic mass is 19.1. The van der Waals surface area contributed by atoms with Gasteiger partial charge in [-0.3, -0.25) is 14.6 Å². The molecule has 2 aromatic carbocycles. The Morgan fingerprint density at radius 3 is 2.57 bits per heavy atom. The predicted molar refractivity (Wildman–Crippen MR) is 100 cm³/mol. The van der Waals surface area contributed by atoms with Gasteiger partial charge >= 0.3 is 0 Å². The first-order valence-corrected chi connectivity index (χ1v) is 8.22. The summed E-state index contributed by atoms with van der Waals surface area (Å²) in [5.41, 5.74) is 0.546. The molecule has 0 fully saturated rings. The van der Waals surface area contributed by atoms with Gasteiger partial charge in [-0.1, -0.05) is 6.07 Å². The number of carbonyl (C=O) groups excluding carboxylic acids is 2. The van der Waals surface area contributed by atoms with Gasteiger partial charge in [0, 0.05) is 30.9 Å². The summed E-state index contributed by atoms with van der Waals surface area (Å²) in [5.74, 6) is -1.10. The third-order valence-electron chi connectivity index (χ3n) is 3.73. The number of aromatic hydroxyl groups is 1. The van der Waals surface area contributed by atoms with Crippen molar-refractivity contribution >= 4 is 17.5 Å². The fourth-order valence-corrected chi connectivity index (χ4v) is 2.37. The summed E-state index contributed by atoms with van der Waals surface area (Å²) in [6, 6.07) is 12.7. The quantitative estimate of drug-likeness (QED) is 0.589. The zero-order chi connectivity index (χ0) is 20.1. The van der Waals surface area contributed by atoms with E-state index in [0.717, 1.165) is 12.1 Å². The molecule has 0 aliphatic heterocycles. The summed E-state index contributed by atoms with van der Waals surface area (Å²) in [4.78, 5) is 28.0. The van der Waals surface area contributed by atoms with E-state index in [0.29, 0.717) is 11.5 Å². The first kappa shape index (κ1) is 18.8. The van der Waals surface area contributed by atoms with Gasteiger partial charge in [-0.25, -0.2) is 4.39 Å². The maximum Gasteiger partial charge on any atom is 0.269 e. The number of hydrogen-bond acceptors (Lipinski definition) is 5. The van der Waals surface area contributed by atoms with E-state index in [-0.39, 0.29) is 28.6 Å². The van der Waals surface area contributed by atoms with E-state index in [1.807, 2.05) is 0 Å². The van der Waals surface area contributed by atoms with E-state index in [1.165, 1.54) is 31.4 Å². The van der Waals surface area contributed by atoms with E-state index < -0.39 is 11.7 Å². The minimum atomic E-state index is -0.612. The van der Waals surface area contributed by atoms with Crippen molar-refractivity contribution in [1.29, 1.82) is 0 Å². The molecule has 0 bridgehead atoms. The number of ether oxygens (including phenoxy) is 1. The van der Waals surface area contributed by atoms with Crippen LogP contribution in [0.5, 0.6) is 17.2 Å². The molecule has 0 aliphatic carbocycles. The number of hydrogen-bond donors (Lipinski definition) is 3.